The highest BCUT2D eigenvalue weighted by Gasteiger charge is 2.12. The molecule has 1 aromatic heterocycles. The van der Waals surface area contributed by atoms with Crippen molar-refractivity contribution in [2.24, 2.45) is 0 Å². The molecule has 1 heterocycles. The fourth-order valence-electron chi connectivity index (χ4n) is 2.17. The summed E-state index contributed by atoms with van der Waals surface area (Å²) in [5.41, 5.74) is 1.89. The highest BCUT2D eigenvalue weighted by atomic mass is 16.5. The molecule has 0 aliphatic rings. The Labute approximate surface area is 111 Å². The molecule has 0 radical (unpaired) electrons. The number of carboxylic acid groups (broad SMARTS) is 1. The van der Waals surface area contributed by atoms with Crippen LogP contribution in [0.5, 0.6) is 5.75 Å². The molecule has 2 aromatic rings. The fraction of sp³-hybridized carbons (Fsp3) is 0.429. The number of aliphatic carboxylic acids is 1. The predicted molar refractivity (Wildman–Crippen MR) is 72.5 cm³/mol. The second kappa shape index (κ2) is 5.73. The van der Waals surface area contributed by atoms with Crippen molar-refractivity contribution in [3.05, 3.63) is 24.0 Å². The number of carboxylic acids is 1. The van der Waals surface area contributed by atoms with Crippen molar-refractivity contribution in [1.29, 1.82) is 0 Å². The van der Waals surface area contributed by atoms with Crippen LogP contribution in [-0.2, 0) is 17.8 Å². The average molecular weight is 262 g/mol. The van der Waals surface area contributed by atoms with Crippen LogP contribution in [-0.4, -0.2) is 27.7 Å². The predicted octanol–water partition coefficient (Wildman–Crippen LogP) is 2.47. The van der Waals surface area contributed by atoms with E-state index in [1.807, 2.05) is 18.2 Å². The Morgan fingerprint density at radius 2 is 2.26 bits per heavy atom. The number of rotatable bonds is 6. The molecule has 1 aromatic carbocycles. The van der Waals surface area contributed by atoms with Crippen LogP contribution >= 0.6 is 0 Å². The molecule has 19 heavy (non-hydrogen) atoms. The summed E-state index contributed by atoms with van der Waals surface area (Å²) in [6.07, 6.45) is 1.54. The van der Waals surface area contributed by atoms with Gasteiger partial charge in [-0.25, -0.2) is 4.98 Å². The van der Waals surface area contributed by atoms with Crippen molar-refractivity contribution >= 4 is 17.0 Å². The molecule has 0 spiro atoms. The molecule has 0 aliphatic carbocycles. The summed E-state index contributed by atoms with van der Waals surface area (Å²) in [5, 5.41) is 8.80. The van der Waals surface area contributed by atoms with Gasteiger partial charge < -0.3 is 14.4 Å². The lowest BCUT2D eigenvalue weighted by atomic mass is 10.3. The molecule has 0 saturated heterocycles. The molecular weight excluding hydrogens is 244 g/mol. The number of hydrogen-bond donors (Lipinski definition) is 1. The van der Waals surface area contributed by atoms with E-state index >= 15 is 0 Å². The van der Waals surface area contributed by atoms with Crippen molar-refractivity contribution < 1.29 is 14.6 Å². The Hall–Kier alpha value is -2.04. The van der Waals surface area contributed by atoms with Gasteiger partial charge in [0.1, 0.15) is 11.6 Å². The van der Waals surface area contributed by atoms with Crippen molar-refractivity contribution in [1.82, 2.24) is 9.55 Å². The quantitative estimate of drug-likeness (QED) is 0.868. The van der Waals surface area contributed by atoms with Crippen LogP contribution in [0.15, 0.2) is 18.2 Å². The minimum Gasteiger partial charge on any atom is -0.497 e. The van der Waals surface area contributed by atoms with Gasteiger partial charge in [-0.05, 0) is 18.6 Å². The Morgan fingerprint density at radius 3 is 2.89 bits per heavy atom. The summed E-state index contributed by atoms with van der Waals surface area (Å²) in [5.74, 6) is 0.790. The molecule has 0 saturated carbocycles. The van der Waals surface area contributed by atoms with Gasteiger partial charge in [-0.3, -0.25) is 4.79 Å². The van der Waals surface area contributed by atoms with Crippen LogP contribution in [0.3, 0.4) is 0 Å². The number of benzene rings is 1. The standard InChI is InChI=1S/C14H18N2O3/c1-3-8-16-12-5-4-10(19-2)9-11(12)15-13(16)6-7-14(17)18/h4-5,9H,3,6-8H2,1-2H3,(H,17,18). The van der Waals surface area contributed by atoms with Crippen LogP contribution < -0.4 is 4.74 Å². The summed E-state index contributed by atoms with van der Waals surface area (Å²) in [6, 6.07) is 5.75. The maximum absolute atomic E-state index is 10.7. The van der Waals surface area contributed by atoms with E-state index in [9.17, 15) is 4.79 Å². The number of methoxy groups -OCH3 is 1. The van der Waals surface area contributed by atoms with Crippen molar-refractivity contribution in [3.8, 4) is 5.75 Å². The average Bonchev–Trinajstić information content (AvgIpc) is 2.74. The third kappa shape index (κ3) is 2.86. The number of imidazole rings is 1. The van der Waals surface area contributed by atoms with Crippen molar-refractivity contribution in [2.75, 3.05) is 7.11 Å². The molecular formula is C14H18N2O3. The highest BCUT2D eigenvalue weighted by molar-refractivity contribution is 5.78. The lowest BCUT2D eigenvalue weighted by molar-refractivity contribution is -0.137. The molecule has 0 amide bonds. The number of ether oxygens (including phenoxy) is 1. The first-order chi connectivity index (χ1) is 9.15. The number of aromatic nitrogens is 2. The van der Waals surface area contributed by atoms with Gasteiger partial charge in [-0.1, -0.05) is 6.92 Å². The van der Waals surface area contributed by atoms with Crippen molar-refractivity contribution in [2.45, 2.75) is 32.7 Å². The first kappa shape index (κ1) is 13.4. The number of hydrogen-bond acceptors (Lipinski definition) is 3. The summed E-state index contributed by atoms with van der Waals surface area (Å²) in [6.45, 7) is 2.94. The zero-order chi connectivity index (χ0) is 13.8. The van der Waals surface area contributed by atoms with Crippen LogP contribution in [0.1, 0.15) is 25.6 Å². The van der Waals surface area contributed by atoms with Gasteiger partial charge in [0.15, 0.2) is 0 Å². The molecule has 2 rings (SSSR count). The zero-order valence-electron chi connectivity index (χ0n) is 11.2. The summed E-state index contributed by atoms with van der Waals surface area (Å²) >= 11 is 0. The Balaban J connectivity index is 2.42. The molecule has 5 heteroatoms. The SMILES string of the molecule is CCCn1c(CCC(=O)O)nc2cc(OC)ccc21. The fourth-order valence-corrected chi connectivity index (χ4v) is 2.17. The third-order valence-electron chi connectivity index (χ3n) is 3.04. The van der Waals surface area contributed by atoms with Crippen LogP contribution in [0.25, 0.3) is 11.0 Å². The summed E-state index contributed by atoms with van der Waals surface area (Å²) in [7, 11) is 1.62. The Kier molecular flexibility index (Phi) is 4.04. The largest absolute Gasteiger partial charge is 0.497 e. The normalized spacial score (nSPS) is 10.8. The minimum absolute atomic E-state index is 0.101. The van der Waals surface area contributed by atoms with Gasteiger partial charge in [-0.15, -0.1) is 0 Å². The van der Waals surface area contributed by atoms with E-state index in [1.54, 1.807) is 7.11 Å². The lowest BCUT2D eigenvalue weighted by Gasteiger charge is -2.06. The number of fused-ring (bicyclic) bond motifs is 1. The number of carbonyl (C=O) groups is 1. The molecule has 5 nitrogen and oxygen atoms in total. The van der Waals surface area contributed by atoms with E-state index in [-0.39, 0.29) is 6.42 Å². The maximum Gasteiger partial charge on any atom is 0.303 e. The van der Waals surface area contributed by atoms with E-state index < -0.39 is 5.97 Å². The van der Waals surface area contributed by atoms with Gasteiger partial charge in [0.2, 0.25) is 0 Å². The van der Waals surface area contributed by atoms with E-state index in [0.717, 1.165) is 35.6 Å². The molecule has 0 atom stereocenters. The van der Waals surface area contributed by atoms with Crippen LogP contribution in [0.2, 0.25) is 0 Å². The minimum atomic E-state index is -0.798. The zero-order valence-corrected chi connectivity index (χ0v) is 11.2. The second-order valence-electron chi connectivity index (χ2n) is 4.43. The first-order valence-corrected chi connectivity index (χ1v) is 6.40. The number of aryl methyl sites for hydroxylation is 2. The monoisotopic (exact) mass is 262 g/mol. The molecule has 1 N–H and O–H groups in total. The van der Waals surface area contributed by atoms with Gasteiger partial charge in [0.05, 0.1) is 24.6 Å². The topological polar surface area (TPSA) is 64.4 Å². The lowest BCUT2D eigenvalue weighted by Crippen LogP contribution is -2.06. The molecule has 0 bridgehead atoms. The van der Waals surface area contributed by atoms with Crippen LogP contribution in [0.4, 0.5) is 0 Å². The highest BCUT2D eigenvalue weighted by Crippen LogP contribution is 2.22. The second-order valence-corrected chi connectivity index (χ2v) is 4.43. The van der Waals surface area contributed by atoms with Crippen molar-refractivity contribution in [3.63, 3.8) is 0 Å². The summed E-state index contributed by atoms with van der Waals surface area (Å²) < 4.78 is 7.28. The smallest absolute Gasteiger partial charge is 0.303 e. The Morgan fingerprint density at radius 1 is 1.47 bits per heavy atom. The van der Waals surface area contributed by atoms with Gasteiger partial charge >= 0.3 is 5.97 Å². The summed E-state index contributed by atoms with van der Waals surface area (Å²) in [4.78, 5) is 15.2. The van der Waals surface area contributed by atoms with Gasteiger partial charge in [0, 0.05) is 19.0 Å². The first-order valence-electron chi connectivity index (χ1n) is 6.40. The molecule has 102 valence electrons. The molecule has 0 aliphatic heterocycles. The van der Waals surface area contributed by atoms with E-state index in [4.69, 9.17) is 9.84 Å². The van der Waals surface area contributed by atoms with E-state index in [0.29, 0.717) is 6.42 Å². The van der Waals surface area contributed by atoms with Crippen LogP contribution in [0, 0.1) is 0 Å². The molecule has 0 fully saturated rings. The van der Waals surface area contributed by atoms with Gasteiger partial charge in [0.25, 0.3) is 0 Å². The Bertz CT molecular complexity index is 590. The number of nitrogens with zero attached hydrogens (tertiary/aromatic N) is 2. The third-order valence-corrected chi connectivity index (χ3v) is 3.04. The van der Waals surface area contributed by atoms with Gasteiger partial charge in [-0.2, -0.15) is 0 Å². The van der Waals surface area contributed by atoms with E-state index in [1.165, 1.54) is 0 Å². The van der Waals surface area contributed by atoms with E-state index in [2.05, 4.69) is 16.5 Å². The maximum atomic E-state index is 10.7. The molecule has 0 unspecified atom stereocenters.